The van der Waals surface area contributed by atoms with Crippen LogP contribution in [0.15, 0.2) is 71.9 Å². The number of nitrogens with zero attached hydrogens (tertiary/aromatic N) is 2. The maximum Gasteiger partial charge on any atom is 0.416 e. The third-order valence-electron chi connectivity index (χ3n) is 3.55. The van der Waals surface area contributed by atoms with Gasteiger partial charge in [-0.25, -0.2) is 8.42 Å². The van der Waals surface area contributed by atoms with Crippen LogP contribution in [0.3, 0.4) is 0 Å². The van der Waals surface area contributed by atoms with E-state index in [9.17, 15) is 21.6 Å². The number of nitrogens with one attached hydrogen (secondary N) is 1. The maximum atomic E-state index is 12.7. The van der Waals surface area contributed by atoms with Gasteiger partial charge in [0.15, 0.2) is 0 Å². The number of halogens is 3. The lowest BCUT2D eigenvalue weighted by Gasteiger charge is -2.10. The normalized spacial score (nSPS) is 12.1. The van der Waals surface area contributed by atoms with Crippen LogP contribution < -0.4 is 4.72 Å². The number of hydrogen-bond acceptors (Lipinski definition) is 3. The molecule has 3 rings (SSSR count). The maximum absolute atomic E-state index is 12.7. The predicted octanol–water partition coefficient (Wildman–Crippen LogP) is 3.75. The number of hydrogen-bond donors (Lipinski definition) is 1. The summed E-state index contributed by atoms with van der Waals surface area (Å²) in [7, 11) is -4.05. The molecule has 1 heterocycles. The molecule has 0 aliphatic carbocycles. The van der Waals surface area contributed by atoms with Crippen LogP contribution in [0.25, 0.3) is 0 Å². The zero-order chi connectivity index (χ0) is 18.8. The largest absolute Gasteiger partial charge is 0.416 e. The molecule has 1 aromatic heterocycles. The quantitative estimate of drug-likeness (QED) is 0.732. The molecule has 0 atom stereocenters. The molecule has 26 heavy (non-hydrogen) atoms. The van der Waals surface area contributed by atoms with Gasteiger partial charge in [0.2, 0.25) is 0 Å². The molecule has 0 aliphatic heterocycles. The number of alkyl halides is 3. The molecule has 136 valence electrons. The van der Waals surface area contributed by atoms with Gasteiger partial charge in [0.05, 0.1) is 18.3 Å². The Morgan fingerprint density at radius 3 is 2.46 bits per heavy atom. The lowest BCUT2D eigenvalue weighted by molar-refractivity contribution is -0.137. The van der Waals surface area contributed by atoms with Crippen molar-refractivity contribution >= 4 is 15.7 Å². The summed E-state index contributed by atoms with van der Waals surface area (Å²) in [4.78, 5) is -0.133. The standard InChI is InChI=1S/C17H14F3N3O2S/c18-17(19,20)14-7-4-8-15(9-14)22-26(24,25)16-10-21-23(12-16)11-13-5-2-1-3-6-13/h1-10,12,22H,11H2. The molecule has 0 bridgehead atoms. The minimum Gasteiger partial charge on any atom is -0.280 e. The lowest BCUT2D eigenvalue weighted by Crippen LogP contribution is -2.13. The van der Waals surface area contributed by atoms with E-state index in [1.807, 2.05) is 30.3 Å². The molecule has 1 N–H and O–H groups in total. The predicted molar refractivity (Wildman–Crippen MR) is 90.0 cm³/mol. The summed E-state index contributed by atoms with van der Waals surface area (Å²) in [5.41, 5.74) is -0.168. The Balaban J connectivity index is 1.79. The van der Waals surface area contributed by atoms with Crippen molar-refractivity contribution in [3.8, 4) is 0 Å². The SMILES string of the molecule is O=S(=O)(Nc1cccc(C(F)(F)F)c1)c1cnn(Cc2ccccc2)c1. The number of rotatable bonds is 5. The van der Waals surface area contributed by atoms with Crippen LogP contribution in [0, 0.1) is 0 Å². The summed E-state index contributed by atoms with van der Waals surface area (Å²) in [6.07, 6.45) is -2.08. The molecule has 0 radical (unpaired) electrons. The first-order chi connectivity index (χ1) is 12.2. The molecule has 0 aliphatic rings. The fraction of sp³-hybridized carbons (Fsp3) is 0.118. The van der Waals surface area contributed by atoms with Gasteiger partial charge in [0.25, 0.3) is 10.0 Å². The van der Waals surface area contributed by atoms with Gasteiger partial charge in [-0.2, -0.15) is 18.3 Å². The van der Waals surface area contributed by atoms with Gasteiger partial charge in [-0.15, -0.1) is 0 Å². The second-order valence-corrected chi connectivity index (χ2v) is 7.23. The minimum atomic E-state index is -4.55. The molecular formula is C17H14F3N3O2S. The highest BCUT2D eigenvalue weighted by atomic mass is 32.2. The van der Waals surface area contributed by atoms with Crippen LogP contribution >= 0.6 is 0 Å². The van der Waals surface area contributed by atoms with Crippen molar-refractivity contribution in [3.63, 3.8) is 0 Å². The van der Waals surface area contributed by atoms with Gasteiger partial charge in [-0.3, -0.25) is 9.40 Å². The van der Waals surface area contributed by atoms with Crippen LogP contribution in [-0.4, -0.2) is 18.2 Å². The molecular weight excluding hydrogens is 367 g/mol. The average molecular weight is 381 g/mol. The third-order valence-corrected chi connectivity index (χ3v) is 4.89. The highest BCUT2D eigenvalue weighted by Crippen LogP contribution is 2.31. The summed E-state index contributed by atoms with van der Waals surface area (Å²) >= 11 is 0. The van der Waals surface area contributed by atoms with E-state index in [1.54, 1.807) is 0 Å². The van der Waals surface area contributed by atoms with Crippen molar-refractivity contribution in [2.24, 2.45) is 0 Å². The van der Waals surface area contributed by atoms with Crippen molar-refractivity contribution in [2.45, 2.75) is 17.6 Å². The number of aromatic nitrogens is 2. The van der Waals surface area contributed by atoms with Gasteiger partial charge in [0.1, 0.15) is 4.90 Å². The summed E-state index contributed by atoms with van der Waals surface area (Å²) in [5.74, 6) is 0. The number of benzene rings is 2. The zero-order valence-corrected chi connectivity index (χ0v) is 14.1. The summed E-state index contributed by atoms with van der Waals surface area (Å²) in [6.45, 7) is 0.375. The second-order valence-electron chi connectivity index (χ2n) is 5.54. The van der Waals surface area contributed by atoms with E-state index >= 15 is 0 Å². The van der Waals surface area contributed by atoms with Crippen molar-refractivity contribution in [1.29, 1.82) is 0 Å². The van der Waals surface area contributed by atoms with E-state index in [2.05, 4.69) is 9.82 Å². The highest BCUT2D eigenvalue weighted by Gasteiger charge is 2.30. The van der Waals surface area contributed by atoms with Crippen LogP contribution in [0.1, 0.15) is 11.1 Å². The van der Waals surface area contributed by atoms with Crippen molar-refractivity contribution in [1.82, 2.24) is 9.78 Å². The molecule has 0 fully saturated rings. The van der Waals surface area contributed by atoms with Crippen LogP contribution in [0.5, 0.6) is 0 Å². The molecule has 9 heteroatoms. The average Bonchev–Trinajstić information content (AvgIpc) is 3.04. The summed E-state index contributed by atoms with van der Waals surface area (Å²) in [6, 6.07) is 13.3. The molecule has 0 saturated carbocycles. The fourth-order valence-electron chi connectivity index (χ4n) is 2.31. The first kappa shape index (κ1) is 18.0. The molecule has 5 nitrogen and oxygen atoms in total. The topological polar surface area (TPSA) is 64.0 Å². The Morgan fingerprint density at radius 1 is 1.04 bits per heavy atom. The smallest absolute Gasteiger partial charge is 0.280 e. The molecule has 0 saturated heterocycles. The summed E-state index contributed by atoms with van der Waals surface area (Å²) in [5, 5.41) is 3.99. The Kier molecular flexibility index (Phi) is 4.73. The Bertz CT molecular complexity index is 999. The lowest BCUT2D eigenvalue weighted by atomic mass is 10.2. The van der Waals surface area contributed by atoms with Crippen LogP contribution in [0.4, 0.5) is 18.9 Å². The molecule has 0 unspecified atom stereocenters. The number of sulfonamides is 1. The Labute approximate surface area is 148 Å². The molecule has 2 aromatic carbocycles. The highest BCUT2D eigenvalue weighted by molar-refractivity contribution is 7.92. The first-order valence-corrected chi connectivity index (χ1v) is 8.99. The second kappa shape index (κ2) is 6.83. The van der Waals surface area contributed by atoms with E-state index in [-0.39, 0.29) is 10.6 Å². The third kappa shape index (κ3) is 4.23. The van der Waals surface area contributed by atoms with Crippen LogP contribution in [0.2, 0.25) is 0 Å². The zero-order valence-electron chi connectivity index (χ0n) is 13.3. The Hall–Kier alpha value is -2.81. The summed E-state index contributed by atoms with van der Waals surface area (Å²) < 4.78 is 66.6. The van der Waals surface area contributed by atoms with Crippen LogP contribution in [-0.2, 0) is 22.7 Å². The van der Waals surface area contributed by atoms with E-state index in [0.717, 1.165) is 30.0 Å². The fourth-order valence-corrected chi connectivity index (χ4v) is 3.31. The monoisotopic (exact) mass is 381 g/mol. The molecule has 3 aromatic rings. The minimum absolute atomic E-state index is 0.133. The van der Waals surface area contributed by atoms with Gasteiger partial charge >= 0.3 is 6.18 Å². The van der Waals surface area contributed by atoms with E-state index in [0.29, 0.717) is 6.54 Å². The van der Waals surface area contributed by atoms with E-state index in [1.165, 1.54) is 16.9 Å². The number of anilines is 1. The van der Waals surface area contributed by atoms with E-state index in [4.69, 9.17) is 0 Å². The first-order valence-electron chi connectivity index (χ1n) is 7.50. The van der Waals surface area contributed by atoms with Crippen molar-refractivity contribution in [2.75, 3.05) is 4.72 Å². The molecule has 0 amide bonds. The van der Waals surface area contributed by atoms with Gasteiger partial charge < -0.3 is 0 Å². The Morgan fingerprint density at radius 2 is 1.77 bits per heavy atom. The van der Waals surface area contributed by atoms with Crippen molar-refractivity contribution < 1.29 is 21.6 Å². The van der Waals surface area contributed by atoms with Gasteiger partial charge in [0, 0.05) is 11.9 Å². The van der Waals surface area contributed by atoms with E-state index < -0.39 is 21.8 Å². The van der Waals surface area contributed by atoms with Crippen molar-refractivity contribution in [3.05, 3.63) is 78.1 Å². The van der Waals surface area contributed by atoms with Gasteiger partial charge in [-0.05, 0) is 23.8 Å². The van der Waals surface area contributed by atoms with Gasteiger partial charge in [-0.1, -0.05) is 36.4 Å². The molecule has 0 spiro atoms.